The lowest BCUT2D eigenvalue weighted by atomic mass is 10.1. The fraction of sp³-hybridized carbons (Fsp3) is 0.600. The third kappa shape index (κ3) is 3.47. The van der Waals surface area contributed by atoms with Crippen LogP contribution in [0.4, 0.5) is 0 Å². The number of hydrogen-bond acceptors (Lipinski definition) is 4. The Morgan fingerprint density at radius 3 is 2.88 bits per heavy atom. The third-order valence-corrected chi connectivity index (χ3v) is 7.95. The van der Waals surface area contributed by atoms with Crippen molar-refractivity contribution in [2.75, 3.05) is 18.1 Å². The molecule has 3 nitrogen and oxygen atoms in total. The fourth-order valence-corrected chi connectivity index (χ4v) is 6.28. The van der Waals surface area contributed by atoms with Crippen LogP contribution < -0.4 is 4.72 Å². The van der Waals surface area contributed by atoms with Gasteiger partial charge in [-0.1, -0.05) is 0 Å². The molecule has 2 heterocycles. The molecule has 0 radical (unpaired) electrons. The normalized spacial score (nSPS) is 20.9. The van der Waals surface area contributed by atoms with Gasteiger partial charge in [0.25, 0.3) is 0 Å². The van der Waals surface area contributed by atoms with Crippen LogP contribution in [-0.4, -0.2) is 26.5 Å². The van der Waals surface area contributed by atoms with Gasteiger partial charge in [-0.15, -0.1) is 11.3 Å². The van der Waals surface area contributed by atoms with E-state index in [9.17, 15) is 8.42 Å². The number of nitrogens with one attached hydrogen (secondary N) is 1. The molecular weight excluding hydrogens is 342 g/mol. The van der Waals surface area contributed by atoms with E-state index in [0.29, 0.717) is 16.7 Å². The van der Waals surface area contributed by atoms with E-state index in [2.05, 4.69) is 20.7 Å². The van der Waals surface area contributed by atoms with Crippen molar-refractivity contribution in [1.29, 1.82) is 0 Å². The lowest BCUT2D eigenvalue weighted by molar-refractivity contribution is 0.547. The summed E-state index contributed by atoms with van der Waals surface area (Å²) >= 11 is 6.51. The van der Waals surface area contributed by atoms with Gasteiger partial charge in [0.15, 0.2) is 0 Å². The van der Waals surface area contributed by atoms with Gasteiger partial charge in [-0.25, -0.2) is 13.1 Å². The maximum absolute atomic E-state index is 12.0. The van der Waals surface area contributed by atoms with Gasteiger partial charge in [0, 0.05) is 6.54 Å². The van der Waals surface area contributed by atoms with Crippen LogP contribution in [0.3, 0.4) is 0 Å². The highest BCUT2D eigenvalue weighted by Gasteiger charge is 2.21. The van der Waals surface area contributed by atoms with Crippen LogP contribution in [0.25, 0.3) is 0 Å². The van der Waals surface area contributed by atoms with Crippen molar-refractivity contribution in [2.24, 2.45) is 5.92 Å². The molecule has 1 fully saturated rings. The van der Waals surface area contributed by atoms with Crippen molar-refractivity contribution in [3.05, 3.63) is 15.4 Å². The summed E-state index contributed by atoms with van der Waals surface area (Å²) in [7, 11) is -3.32. The molecule has 0 saturated carbocycles. The predicted octanol–water partition coefficient (Wildman–Crippen LogP) is 2.85. The molecule has 1 aliphatic rings. The number of thiophene rings is 1. The van der Waals surface area contributed by atoms with E-state index in [0.717, 1.165) is 27.3 Å². The van der Waals surface area contributed by atoms with Gasteiger partial charge < -0.3 is 0 Å². The summed E-state index contributed by atoms with van der Waals surface area (Å²) in [6.45, 7) is 2.46. The van der Waals surface area contributed by atoms with E-state index >= 15 is 0 Å². The second-order valence-electron chi connectivity index (χ2n) is 4.10. The van der Waals surface area contributed by atoms with Crippen molar-refractivity contribution in [3.8, 4) is 0 Å². The first-order valence-electron chi connectivity index (χ1n) is 5.32. The van der Waals surface area contributed by atoms with E-state index in [1.807, 2.05) is 18.7 Å². The first-order chi connectivity index (χ1) is 7.99. The van der Waals surface area contributed by atoms with Gasteiger partial charge in [-0.05, 0) is 58.3 Å². The zero-order chi connectivity index (χ0) is 12.5. The summed E-state index contributed by atoms with van der Waals surface area (Å²) < 4.78 is 28.0. The van der Waals surface area contributed by atoms with Gasteiger partial charge in [0.05, 0.1) is 3.79 Å². The van der Waals surface area contributed by atoms with Crippen molar-refractivity contribution in [1.82, 2.24) is 4.72 Å². The Hall–Kier alpha value is 0.440. The van der Waals surface area contributed by atoms with Crippen LogP contribution in [0.15, 0.2) is 14.1 Å². The van der Waals surface area contributed by atoms with Gasteiger partial charge >= 0.3 is 0 Å². The lowest BCUT2D eigenvalue weighted by Gasteiger charge is -2.09. The first-order valence-corrected chi connectivity index (χ1v) is 9.57. The highest BCUT2D eigenvalue weighted by Crippen LogP contribution is 2.30. The summed E-state index contributed by atoms with van der Waals surface area (Å²) in [5.41, 5.74) is 0.965. The molecule has 1 aromatic rings. The zero-order valence-electron chi connectivity index (χ0n) is 9.40. The maximum atomic E-state index is 12.0. The minimum atomic E-state index is -3.32. The number of sulfonamides is 1. The maximum Gasteiger partial charge on any atom is 0.250 e. The quantitative estimate of drug-likeness (QED) is 0.902. The summed E-state index contributed by atoms with van der Waals surface area (Å²) in [6, 6.07) is 1.71. The highest BCUT2D eigenvalue weighted by molar-refractivity contribution is 9.11. The minimum Gasteiger partial charge on any atom is -0.210 e. The van der Waals surface area contributed by atoms with Crippen LogP contribution in [0.2, 0.25) is 0 Å². The van der Waals surface area contributed by atoms with Crippen molar-refractivity contribution in [3.63, 3.8) is 0 Å². The zero-order valence-corrected chi connectivity index (χ0v) is 13.4. The molecule has 1 N–H and O–H groups in total. The van der Waals surface area contributed by atoms with Crippen LogP contribution in [-0.2, 0) is 10.0 Å². The van der Waals surface area contributed by atoms with Gasteiger partial charge in [-0.3, -0.25) is 0 Å². The molecule has 2 rings (SSSR count). The Balaban J connectivity index is 2.03. The Bertz CT molecular complexity index is 472. The number of aryl methyl sites for hydroxylation is 1. The molecule has 0 aromatic carbocycles. The number of thioether (sulfide) groups is 1. The summed E-state index contributed by atoms with van der Waals surface area (Å²) in [6.07, 6.45) is 1.11. The molecule has 7 heteroatoms. The Morgan fingerprint density at radius 2 is 2.35 bits per heavy atom. The second kappa shape index (κ2) is 5.61. The van der Waals surface area contributed by atoms with Crippen LogP contribution >= 0.6 is 39.0 Å². The lowest BCUT2D eigenvalue weighted by Crippen LogP contribution is -2.28. The number of rotatable bonds is 4. The second-order valence-corrected chi connectivity index (χ2v) is 9.62. The average Bonchev–Trinajstić information content (AvgIpc) is 2.87. The predicted molar refractivity (Wildman–Crippen MR) is 77.4 cm³/mol. The molecule has 0 aliphatic carbocycles. The van der Waals surface area contributed by atoms with Crippen molar-refractivity contribution in [2.45, 2.75) is 17.6 Å². The molecule has 0 spiro atoms. The number of hydrogen-bond donors (Lipinski definition) is 1. The molecule has 1 saturated heterocycles. The van der Waals surface area contributed by atoms with Crippen LogP contribution in [0.5, 0.6) is 0 Å². The van der Waals surface area contributed by atoms with Gasteiger partial charge in [-0.2, -0.15) is 11.8 Å². The van der Waals surface area contributed by atoms with E-state index in [1.54, 1.807) is 6.07 Å². The van der Waals surface area contributed by atoms with Crippen LogP contribution in [0, 0.1) is 12.8 Å². The van der Waals surface area contributed by atoms with E-state index in [-0.39, 0.29) is 0 Å². The Morgan fingerprint density at radius 1 is 1.59 bits per heavy atom. The molecule has 1 aromatic heterocycles. The summed E-state index contributed by atoms with van der Waals surface area (Å²) in [5.74, 6) is 2.70. The topological polar surface area (TPSA) is 46.2 Å². The molecule has 1 atom stereocenters. The molecule has 1 unspecified atom stereocenters. The minimum absolute atomic E-state index is 0.396. The molecule has 17 heavy (non-hydrogen) atoms. The van der Waals surface area contributed by atoms with E-state index in [1.165, 1.54) is 11.3 Å². The van der Waals surface area contributed by atoms with E-state index < -0.39 is 10.0 Å². The smallest absolute Gasteiger partial charge is 0.210 e. The molecule has 1 aliphatic heterocycles. The van der Waals surface area contributed by atoms with Crippen LogP contribution in [0.1, 0.15) is 12.0 Å². The molecule has 0 amide bonds. The molecule has 0 bridgehead atoms. The third-order valence-electron chi connectivity index (χ3n) is 2.69. The van der Waals surface area contributed by atoms with Gasteiger partial charge in [0.1, 0.15) is 4.21 Å². The standard InChI is InChI=1S/C10H14BrNO2S3/c1-7-4-9(16-10(7)11)17(13,14)12-5-8-2-3-15-6-8/h4,8,12H,2-3,5-6H2,1H3. The largest absolute Gasteiger partial charge is 0.250 e. The Labute approximate surface area is 119 Å². The monoisotopic (exact) mass is 355 g/mol. The molecule has 96 valence electrons. The fourth-order valence-electron chi connectivity index (χ4n) is 1.61. The highest BCUT2D eigenvalue weighted by atomic mass is 79.9. The van der Waals surface area contributed by atoms with E-state index in [4.69, 9.17) is 0 Å². The summed E-state index contributed by atoms with van der Waals surface area (Å²) in [4.78, 5) is 0. The first kappa shape index (κ1) is 13.9. The Kier molecular flexibility index (Phi) is 4.57. The number of halogens is 1. The van der Waals surface area contributed by atoms with Crippen molar-refractivity contribution >= 4 is 49.1 Å². The SMILES string of the molecule is Cc1cc(S(=O)(=O)NCC2CCSC2)sc1Br. The summed E-state index contributed by atoms with van der Waals surface area (Å²) in [5, 5.41) is 0. The van der Waals surface area contributed by atoms with Gasteiger partial charge in [0.2, 0.25) is 10.0 Å². The van der Waals surface area contributed by atoms with Crippen molar-refractivity contribution < 1.29 is 8.42 Å². The molecular formula is C10H14BrNO2S3. The average molecular weight is 356 g/mol.